The molecule has 7 heteroatoms. The van der Waals surface area contributed by atoms with Gasteiger partial charge < -0.3 is 10.1 Å². The van der Waals surface area contributed by atoms with Crippen LogP contribution in [0.25, 0.3) is 0 Å². The van der Waals surface area contributed by atoms with Crippen LogP contribution >= 0.6 is 0 Å². The molecule has 1 amide bonds. The molecule has 0 aromatic heterocycles. The van der Waals surface area contributed by atoms with Gasteiger partial charge in [-0.2, -0.15) is 13.2 Å². The quantitative estimate of drug-likeness (QED) is 0.616. The van der Waals surface area contributed by atoms with Crippen molar-refractivity contribution in [1.29, 1.82) is 0 Å². The fourth-order valence-electron chi connectivity index (χ4n) is 2.14. The highest BCUT2D eigenvalue weighted by atomic mass is 19.4. The molecule has 0 bridgehead atoms. The Kier molecular flexibility index (Phi) is 6.30. The van der Waals surface area contributed by atoms with Crippen molar-refractivity contribution in [3.8, 4) is 0 Å². The predicted octanol–water partition coefficient (Wildman–Crippen LogP) is 3.23. The lowest BCUT2D eigenvalue weighted by atomic mass is 9.98. The van der Waals surface area contributed by atoms with Gasteiger partial charge in [-0.15, -0.1) is 0 Å². The summed E-state index contributed by atoms with van der Waals surface area (Å²) < 4.78 is 40.3. The number of hydrogen-bond donors (Lipinski definition) is 1. The van der Waals surface area contributed by atoms with Gasteiger partial charge in [-0.05, 0) is 6.07 Å². The molecule has 1 N–H and O–H groups in total. The molecule has 0 heterocycles. The van der Waals surface area contributed by atoms with Crippen molar-refractivity contribution >= 4 is 11.7 Å². The van der Waals surface area contributed by atoms with Crippen molar-refractivity contribution in [1.82, 2.24) is 5.32 Å². The van der Waals surface area contributed by atoms with Crippen LogP contribution in [0.2, 0.25) is 0 Å². The molecule has 0 radical (unpaired) electrons. The van der Waals surface area contributed by atoms with E-state index in [9.17, 15) is 22.8 Å². The van der Waals surface area contributed by atoms with Crippen LogP contribution in [0, 0.1) is 0 Å². The van der Waals surface area contributed by atoms with E-state index in [4.69, 9.17) is 0 Å². The van der Waals surface area contributed by atoms with Crippen LogP contribution in [-0.4, -0.2) is 37.6 Å². The summed E-state index contributed by atoms with van der Waals surface area (Å²) in [4.78, 5) is 24.7. The van der Waals surface area contributed by atoms with Gasteiger partial charge in [0.2, 0.25) is 0 Å². The summed E-state index contributed by atoms with van der Waals surface area (Å²) >= 11 is 0. The van der Waals surface area contributed by atoms with Crippen molar-refractivity contribution in [3.63, 3.8) is 0 Å². The molecule has 2 aromatic carbocycles. The summed E-state index contributed by atoms with van der Waals surface area (Å²) in [5, 5.41) is 2.45. The summed E-state index contributed by atoms with van der Waals surface area (Å²) in [5.41, 5.74) is 0.825. The maximum atomic E-state index is 12.5. The van der Waals surface area contributed by atoms with Gasteiger partial charge in [0, 0.05) is 17.7 Å². The second kappa shape index (κ2) is 8.43. The standard InChI is InChI=1S/C18H16F3NO3/c19-18(20,21)12-25-11-10-22-17(24)15-9-5-4-8-14(15)16(23)13-6-2-1-3-7-13/h1-9H,10-12H2,(H,22,24). The topological polar surface area (TPSA) is 55.4 Å². The monoisotopic (exact) mass is 351 g/mol. The number of ether oxygens (including phenoxy) is 1. The molecule has 2 rings (SSSR count). The number of hydrogen-bond acceptors (Lipinski definition) is 3. The third-order valence-electron chi connectivity index (χ3n) is 3.25. The SMILES string of the molecule is O=C(NCCOCC(F)(F)F)c1ccccc1C(=O)c1ccccc1. The number of carbonyl (C=O) groups is 2. The first-order chi connectivity index (χ1) is 11.9. The Morgan fingerprint density at radius 1 is 0.920 bits per heavy atom. The van der Waals surface area contributed by atoms with Crippen LogP contribution in [0.1, 0.15) is 26.3 Å². The number of halogens is 3. The smallest absolute Gasteiger partial charge is 0.370 e. The molecule has 0 saturated carbocycles. The molecule has 0 atom stereocenters. The summed E-state index contributed by atoms with van der Waals surface area (Å²) in [6.45, 7) is -1.74. The molecule has 132 valence electrons. The number of ketones is 1. The molecule has 0 unspecified atom stereocenters. The molecule has 4 nitrogen and oxygen atoms in total. The lowest BCUT2D eigenvalue weighted by Gasteiger charge is -2.11. The Morgan fingerprint density at radius 2 is 1.52 bits per heavy atom. The molecule has 0 aliphatic heterocycles. The van der Waals surface area contributed by atoms with Crippen LogP contribution in [0.5, 0.6) is 0 Å². The van der Waals surface area contributed by atoms with Gasteiger partial charge in [-0.1, -0.05) is 48.5 Å². The fraction of sp³-hybridized carbons (Fsp3) is 0.222. The average molecular weight is 351 g/mol. The zero-order valence-electron chi connectivity index (χ0n) is 13.2. The average Bonchev–Trinajstić information content (AvgIpc) is 2.60. The number of benzene rings is 2. The Balaban J connectivity index is 2.00. The van der Waals surface area contributed by atoms with Crippen molar-refractivity contribution in [2.75, 3.05) is 19.8 Å². The molecular formula is C18H16F3NO3. The first kappa shape index (κ1) is 18.7. The van der Waals surface area contributed by atoms with E-state index >= 15 is 0 Å². The highest BCUT2D eigenvalue weighted by Gasteiger charge is 2.27. The fourth-order valence-corrected chi connectivity index (χ4v) is 2.14. The van der Waals surface area contributed by atoms with E-state index < -0.39 is 18.7 Å². The largest absolute Gasteiger partial charge is 0.411 e. The van der Waals surface area contributed by atoms with Gasteiger partial charge >= 0.3 is 6.18 Å². The first-order valence-corrected chi connectivity index (χ1v) is 7.50. The second-order valence-electron chi connectivity index (χ2n) is 5.16. The van der Waals surface area contributed by atoms with Gasteiger partial charge in [0.1, 0.15) is 6.61 Å². The maximum Gasteiger partial charge on any atom is 0.411 e. The van der Waals surface area contributed by atoms with Gasteiger partial charge in [0.25, 0.3) is 5.91 Å². The van der Waals surface area contributed by atoms with E-state index in [1.807, 2.05) is 0 Å². The zero-order chi connectivity index (χ0) is 18.3. The van der Waals surface area contributed by atoms with E-state index in [-0.39, 0.29) is 30.1 Å². The molecule has 0 spiro atoms. The van der Waals surface area contributed by atoms with Crippen LogP contribution < -0.4 is 5.32 Å². The minimum atomic E-state index is -4.40. The highest BCUT2D eigenvalue weighted by Crippen LogP contribution is 2.15. The third-order valence-corrected chi connectivity index (χ3v) is 3.25. The van der Waals surface area contributed by atoms with Crippen LogP contribution in [-0.2, 0) is 4.74 Å². The van der Waals surface area contributed by atoms with E-state index in [1.54, 1.807) is 42.5 Å². The molecule has 25 heavy (non-hydrogen) atoms. The maximum absolute atomic E-state index is 12.5. The van der Waals surface area contributed by atoms with Crippen molar-refractivity contribution in [2.45, 2.75) is 6.18 Å². The van der Waals surface area contributed by atoms with Crippen molar-refractivity contribution in [2.24, 2.45) is 0 Å². The summed E-state index contributed by atoms with van der Waals surface area (Å²) in [5.74, 6) is -0.852. The molecule has 0 fully saturated rings. The first-order valence-electron chi connectivity index (χ1n) is 7.50. The lowest BCUT2D eigenvalue weighted by molar-refractivity contribution is -0.173. The predicted molar refractivity (Wildman–Crippen MR) is 85.5 cm³/mol. The number of rotatable bonds is 7. The summed E-state index contributed by atoms with van der Waals surface area (Å²) in [6, 6.07) is 14.8. The minimum absolute atomic E-state index is 0.0945. The van der Waals surface area contributed by atoms with Gasteiger partial charge in [0.15, 0.2) is 5.78 Å². The third kappa shape index (κ3) is 5.72. The van der Waals surface area contributed by atoms with Crippen molar-refractivity contribution in [3.05, 3.63) is 71.3 Å². The normalized spacial score (nSPS) is 11.2. The second-order valence-corrected chi connectivity index (χ2v) is 5.16. The van der Waals surface area contributed by atoms with Crippen LogP contribution in [0.3, 0.4) is 0 Å². The molecule has 0 aliphatic rings. The van der Waals surface area contributed by atoms with E-state index in [0.717, 1.165) is 0 Å². The molecule has 0 aliphatic carbocycles. The molecule has 0 saturated heterocycles. The van der Waals surface area contributed by atoms with Crippen LogP contribution in [0.15, 0.2) is 54.6 Å². The number of amides is 1. The van der Waals surface area contributed by atoms with E-state index in [2.05, 4.69) is 10.1 Å². The van der Waals surface area contributed by atoms with Gasteiger partial charge in [-0.3, -0.25) is 9.59 Å². The van der Waals surface area contributed by atoms with E-state index in [1.165, 1.54) is 12.1 Å². The lowest BCUT2D eigenvalue weighted by Crippen LogP contribution is -2.30. The van der Waals surface area contributed by atoms with Gasteiger partial charge in [-0.25, -0.2) is 0 Å². The molecule has 2 aromatic rings. The number of carbonyl (C=O) groups excluding carboxylic acids is 2. The Labute approximate surface area is 142 Å². The zero-order valence-corrected chi connectivity index (χ0v) is 13.2. The Bertz CT molecular complexity index is 730. The van der Waals surface area contributed by atoms with E-state index in [0.29, 0.717) is 5.56 Å². The summed E-state index contributed by atoms with van der Waals surface area (Å²) in [7, 11) is 0. The molecular weight excluding hydrogens is 335 g/mol. The summed E-state index contributed by atoms with van der Waals surface area (Å²) in [6.07, 6.45) is -4.40. The number of nitrogens with one attached hydrogen (secondary N) is 1. The Hall–Kier alpha value is -2.67. The minimum Gasteiger partial charge on any atom is -0.370 e. The van der Waals surface area contributed by atoms with Gasteiger partial charge in [0.05, 0.1) is 12.2 Å². The van der Waals surface area contributed by atoms with Crippen molar-refractivity contribution < 1.29 is 27.5 Å². The van der Waals surface area contributed by atoms with Crippen LogP contribution in [0.4, 0.5) is 13.2 Å². The highest BCUT2D eigenvalue weighted by molar-refractivity contribution is 6.15. The number of alkyl halides is 3. The Morgan fingerprint density at radius 3 is 2.16 bits per heavy atom.